The highest BCUT2D eigenvalue weighted by atomic mass is 16.2. The highest BCUT2D eigenvalue weighted by molar-refractivity contribution is 5.83. The molecule has 1 aliphatic heterocycles. The Bertz CT molecular complexity index is 525. The number of nitrogens with zero attached hydrogens (tertiary/aromatic N) is 2. The average Bonchev–Trinajstić information content (AvgIpc) is 3.16. The lowest BCUT2D eigenvalue weighted by Crippen LogP contribution is -2.58. The third kappa shape index (κ3) is 1.75. The summed E-state index contributed by atoms with van der Waals surface area (Å²) in [6, 6.07) is -0.00640. The van der Waals surface area contributed by atoms with E-state index < -0.39 is 0 Å². The minimum atomic E-state index is -0.349. The second-order valence-electron chi connectivity index (χ2n) is 8.69. The van der Waals surface area contributed by atoms with Crippen molar-refractivity contribution in [3.63, 3.8) is 0 Å². The maximum absolute atomic E-state index is 13.0. The van der Waals surface area contributed by atoms with E-state index in [0.717, 1.165) is 24.7 Å². The van der Waals surface area contributed by atoms with Gasteiger partial charge in [0, 0.05) is 12.5 Å². The Balaban J connectivity index is 1.37. The van der Waals surface area contributed by atoms with E-state index in [1.807, 2.05) is 4.90 Å². The molecule has 1 unspecified atom stereocenters. The Kier molecular flexibility index (Phi) is 2.72. The molecular formula is C18H25N3O. The molecule has 2 N–H and O–H groups in total. The predicted molar refractivity (Wildman–Crippen MR) is 82.3 cm³/mol. The molecule has 5 saturated carbocycles. The first-order chi connectivity index (χ1) is 10.7. The van der Waals surface area contributed by atoms with Crippen molar-refractivity contribution in [1.29, 1.82) is 0 Å². The van der Waals surface area contributed by atoms with Crippen molar-refractivity contribution in [3.05, 3.63) is 11.4 Å². The molecule has 4 bridgehead atoms. The van der Waals surface area contributed by atoms with E-state index in [2.05, 4.69) is 4.85 Å². The van der Waals surface area contributed by atoms with E-state index in [-0.39, 0.29) is 18.1 Å². The first-order valence-corrected chi connectivity index (χ1v) is 9.10. The highest BCUT2D eigenvalue weighted by Gasteiger charge is 2.59. The molecule has 118 valence electrons. The fourth-order valence-corrected chi connectivity index (χ4v) is 6.75. The van der Waals surface area contributed by atoms with Crippen molar-refractivity contribution in [2.24, 2.45) is 41.2 Å². The molecule has 6 rings (SSSR count). The molecule has 0 radical (unpaired) electrons. The molecule has 1 saturated heterocycles. The van der Waals surface area contributed by atoms with Crippen molar-refractivity contribution >= 4 is 5.91 Å². The molecule has 6 aliphatic rings. The Morgan fingerprint density at radius 1 is 1.00 bits per heavy atom. The Hall–Kier alpha value is -1.08. The van der Waals surface area contributed by atoms with E-state index in [1.165, 1.54) is 32.1 Å². The molecule has 4 atom stereocenters. The number of likely N-dealkylation sites (tertiary alicyclic amines) is 1. The molecule has 4 heteroatoms. The van der Waals surface area contributed by atoms with Crippen LogP contribution in [0.3, 0.4) is 0 Å². The maximum Gasteiger partial charge on any atom is 0.301 e. The van der Waals surface area contributed by atoms with Crippen LogP contribution in [0, 0.1) is 42.1 Å². The van der Waals surface area contributed by atoms with Crippen molar-refractivity contribution < 1.29 is 4.79 Å². The summed E-state index contributed by atoms with van der Waals surface area (Å²) in [6.45, 7) is 7.37. The number of hydrogen-bond donors (Lipinski definition) is 1. The van der Waals surface area contributed by atoms with Crippen LogP contribution < -0.4 is 5.73 Å². The summed E-state index contributed by atoms with van der Waals surface area (Å²) in [5.41, 5.74) is 6.53. The van der Waals surface area contributed by atoms with Gasteiger partial charge in [0.1, 0.15) is 0 Å². The van der Waals surface area contributed by atoms with E-state index in [9.17, 15) is 4.79 Å². The first-order valence-electron chi connectivity index (χ1n) is 9.10. The largest absolute Gasteiger partial charge is 0.320 e. The molecule has 5 aliphatic carbocycles. The van der Waals surface area contributed by atoms with Crippen LogP contribution in [0.2, 0.25) is 0 Å². The number of hydrogen-bond acceptors (Lipinski definition) is 2. The van der Waals surface area contributed by atoms with Gasteiger partial charge in [0.15, 0.2) is 0 Å². The number of rotatable bonds is 2. The summed E-state index contributed by atoms with van der Waals surface area (Å²) < 4.78 is 0. The van der Waals surface area contributed by atoms with Crippen molar-refractivity contribution in [2.45, 2.75) is 63.2 Å². The number of nitrogens with two attached hydrogens (primary N) is 1. The number of piperidine rings is 1. The Morgan fingerprint density at radius 2 is 1.64 bits per heavy atom. The van der Waals surface area contributed by atoms with E-state index in [0.29, 0.717) is 29.7 Å². The van der Waals surface area contributed by atoms with Crippen LogP contribution in [0.1, 0.15) is 44.9 Å². The summed E-state index contributed by atoms with van der Waals surface area (Å²) in [5.74, 6) is 4.27. The zero-order valence-electron chi connectivity index (χ0n) is 13.0. The fraction of sp³-hybridized carbons (Fsp3) is 0.889. The second-order valence-corrected chi connectivity index (χ2v) is 8.69. The van der Waals surface area contributed by atoms with Gasteiger partial charge in [-0.1, -0.05) is 0 Å². The van der Waals surface area contributed by atoms with Gasteiger partial charge in [0.05, 0.1) is 6.04 Å². The standard InChI is InChI=1S/C18H25N3O/c1-20-15-8-11-7-14(11)21(15)18(22)17(19)16-12-3-9-2-10(5-12)6-13(16)4-9/h9-17H,2-8,19H2/t9?,10?,11-,12?,13?,14?,15-,16?,17-/m0/s1. The molecule has 22 heavy (non-hydrogen) atoms. The lowest BCUT2D eigenvalue weighted by Gasteiger charge is -2.55. The first kappa shape index (κ1) is 13.4. The SMILES string of the molecule is [C-]#[N+][C@@H]1C[C@@H]2CC2N1C(=O)[C@@H](N)C1C2CC3CC(C2)CC1C3. The Labute approximate surface area is 132 Å². The van der Waals surface area contributed by atoms with E-state index in [1.54, 1.807) is 0 Å². The average molecular weight is 299 g/mol. The smallest absolute Gasteiger partial charge is 0.301 e. The lowest BCUT2D eigenvalue weighted by molar-refractivity contribution is -0.140. The number of carbonyl (C=O) groups is 1. The minimum Gasteiger partial charge on any atom is -0.320 e. The third-order valence-corrected chi connectivity index (χ3v) is 7.48. The van der Waals surface area contributed by atoms with Crippen molar-refractivity contribution in [3.8, 4) is 0 Å². The molecule has 1 heterocycles. The molecule has 0 aromatic rings. The molecule has 0 spiro atoms. The fourth-order valence-electron chi connectivity index (χ4n) is 6.75. The van der Waals surface area contributed by atoms with Crippen LogP contribution in [-0.4, -0.2) is 29.1 Å². The molecular weight excluding hydrogens is 274 g/mol. The zero-order chi connectivity index (χ0) is 15.0. The summed E-state index contributed by atoms with van der Waals surface area (Å²) >= 11 is 0. The topological polar surface area (TPSA) is 50.7 Å². The minimum absolute atomic E-state index is 0.100. The van der Waals surface area contributed by atoms with Gasteiger partial charge in [-0.3, -0.25) is 14.5 Å². The van der Waals surface area contributed by atoms with Gasteiger partial charge in [-0.2, -0.15) is 0 Å². The van der Waals surface area contributed by atoms with Gasteiger partial charge >= 0.3 is 6.17 Å². The van der Waals surface area contributed by atoms with Gasteiger partial charge in [0.25, 0.3) is 0 Å². The van der Waals surface area contributed by atoms with Gasteiger partial charge < -0.3 is 5.73 Å². The summed E-state index contributed by atoms with van der Waals surface area (Å²) in [6.07, 6.45) is 8.40. The van der Waals surface area contributed by atoms with Crippen LogP contribution in [0.15, 0.2) is 0 Å². The van der Waals surface area contributed by atoms with Crippen LogP contribution >= 0.6 is 0 Å². The highest BCUT2D eigenvalue weighted by Crippen LogP contribution is 2.57. The number of carbonyl (C=O) groups excluding carboxylic acids is 1. The lowest BCUT2D eigenvalue weighted by atomic mass is 9.50. The van der Waals surface area contributed by atoms with Crippen LogP contribution in [0.4, 0.5) is 0 Å². The monoisotopic (exact) mass is 299 g/mol. The summed E-state index contributed by atoms with van der Waals surface area (Å²) in [7, 11) is 0. The van der Waals surface area contributed by atoms with Gasteiger partial charge in [-0.05, 0) is 74.0 Å². The molecule has 4 nitrogen and oxygen atoms in total. The quantitative estimate of drug-likeness (QED) is 0.795. The molecule has 6 fully saturated rings. The van der Waals surface area contributed by atoms with E-state index in [4.69, 9.17) is 12.3 Å². The number of amides is 1. The van der Waals surface area contributed by atoms with Gasteiger partial charge in [-0.25, -0.2) is 6.57 Å². The predicted octanol–water partition coefficient (Wildman–Crippen LogP) is 2.25. The zero-order valence-corrected chi connectivity index (χ0v) is 13.0. The molecule has 1 amide bonds. The normalized spacial score (nSPS) is 52.3. The molecule has 0 aromatic heterocycles. The van der Waals surface area contributed by atoms with Crippen LogP contribution in [0.5, 0.6) is 0 Å². The van der Waals surface area contributed by atoms with Gasteiger partial charge in [-0.15, -0.1) is 0 Å². The van der Waals surface area contributed by atoms with Crippen LogP contribution in [-0.2, 0) is 4.79 Å². The number of fused-ring (bicyclic) bond motifs is 1. The van der Waals surface area contributed by atoms with Gasteiger partial charge in [0.2, 0.25) is 5.91 Å². The van der Waals surface area contributed by atoms with Crippen molar-refractivity contribution in [2.75, 3.05) is 0 Å². The maximum atomic E-state index is 13.0. The summed E-state index contributed by atoms with van der Waals surface area (Å²) in [4.78, 5) is 18.6. The Morgan fingerprint density at radius 3 is 2.23 bits per heavy atom. The molecule has 0 aromatic carbocycles. The summed E-state index contributed by atoms with van der Waals surface area (Å²) in [5, 5.41) is 0. The third-order valence-electron chi connectivity index (χ3n) is 7.48. The second kappa shape index (κ2) is 4.47. The van der Waals surface area contributed by atoms with Crippen LogP contribution in [0.25, 0.3) is 4.85 Å². The van der Waals surface area contributed by atoms with Crippen molar-refractivity contribution in [1.82, 2.24) is 4.90 Å². The van der Waals surface area contributed by atoms with E-state index >= 15 is 0 Å².